The largest absolute Gasteiger partial charge is 0.493 e. The summed E-state index contributed by atoms with van der Waals surface area (Å²) in [5.41, 5.74) is 0.829. The molecule has 2 aromatic heterocycles. The number of aromatic hydroxyl groups is 1. The summed E-state index contributed by atoms with van der Waals surface area (Å²) < 4.78 is 3.07. The number of pyridine rings is 1. The molecule has 0 aliphatic carbocycles. The minimum atomic E-state index is -0.567. The van der Waals surface area contributed by atoms with Gasteiger partial charge in [-0.3, -0.25) is 9.59 Å². The number of carbonyl (C=O) groups excluding carboxylic acids is 1. The van der Waals surface area contributed by atoms with Crippen molar-refractivity contribution < 1.29 is 14.8 Å². The highest BCUT2D eigenvalue weighted by Gasteiger charge is 2.18. The Morgan fingerprint density at radius 2 is 1.83 bits per heavy atom. The number of aromatic nitrogens is 2. The minimum Gasteiger partial charge on any atom is -0.493 e. The van der Waals surface area contributed by atoms with E-state index in [0.29, 0.717) is 6.54 Å². The SMILES string of the molecule is CC[NH+](CC)CCn1c(O)c(N=NC(=O)Cn2ccccc2=O)c2ccccc21. The maximum absolute atomic E-state index is 12.2. The van der Waals surface area contributed by atoms with Crippen molar-refractivity contribution in [2.75, 3.05) is 19.6 Å². The molecule has 0 radical (unpaired) electrons. The van der Waals surface area contributed by atoms with Gasteiger partial charge in [-0.2, -0.15) is 0 Å². The summed E-state index contributed by atoms with van der Waals surface area (Å²) in [6.45, 7) is 7.59. The van der Waals surface area contributed by atoms with Crippen LogP contribution in [0.4, 0.5) is 5.69 Å². The zero-order valence-electron chi connectivity index (χ0n) is 16.7. The third kappa shape index (κ3) is 4.60. The van der Waals surface area contributed by atoms with E-state index < -0.39 is 5.91 Å². The van der Waals surface area contributed by atoms with Crippen LogP contribution >= 0.6 is 0 Å². The van der Waals surface area contributed by atoms with Gasteiger partial charge >= 0.3 is 0 Å². The molecule has 0 fully saturated rings. The number of azo groups is 1. The molecule has 0 saturated carbocycles. The third-order valence-electron chi connectivity index (χ3n) is 5.07. The number of rotatable bonds is 8. The molecule has 0 bridgehead atoms. The van der Waals surface area contributed by atoms with Gasteiger partial charge in [0.1, 0.15) is 6.54 Å². The summed E-state index contributed by atoms with van der Waals surface area (Å²) in [4.78, 5) is 25.3. The first-order valence-corrected chi connectivity index (χ1v) is 9.78. The number of quaternary nitrogens is 1. The Morgan fingerprint density at radius 1 is 1.10 bits per heavy atom. The molecule has 2 heterocycles. The summed E-state index contributed by atoms with van der Waals surface area (Å²) in [6, 6.07) is 12.2. The molecule has 0 unspecified atom stereocenters. The van der Waals surface area contributed by atoms with Crippen molar-refractivity contribution in [3.8, 4) is 5.88 Å². The van der Waals surface area contributed by atoms with Gasteiger partial charge in [-0.05, 0) is 26.0 Å². The van der Waals surface area contributed by atoms with Crippen LogP contribution in [0.25, 0.3) is 10.9 Å². The van der Waals surface area contributed by atoms with Crippen molar-refractivity contribution >= 4 is 22.5 Å². The van der Waals surface area contributed by atoms with E-state index in [4.69, 9.17) is 0 Å². The van der Waals surface area contributed by atoms with Crippen molar-refractivity contribution in [1.82, 2.24) is 9.13 Å². The van der Waals surface area contributed by atoms with E-state index in [1.165, 1.54) is 21.7 Å². The summed E-state index contributed by atoms with van der Waals surface area (Å²) in [5, 5.41) is 19.2. The molecule has 0 aliphatic rings. The quantitative estimate of drug-likeness (QED) is 0.568. The van der Waals surface area contributed by atoms with Crippen molar-refractivity contribution in [2.45, 2.75) is 26.9 Å². The van der Waals surface area contributed by atoms with Crippen LogP contribution in [0.2, 0.25) is 0 Å². The van der Waals surface area contributed by atoms with E-state index in [1.54, 1.807) is 16.7 Å². The maximum atomic E-state index is 12.2. The topological polar surface area (TPSA) is 93.4 Å². The number of para-hydroxylation sites is 1. The smallest absolute Gasteiger partial charge is 0.284 e. The Hall–Kier alpha value is -3.26. The van der Waals surface area contributed by atoms with Crippen LogP contribution in [0.3, 0.4) is 0 Å². The lowest BCUT2D eigenvalue weighted by molar-refractivity contribution is -0.897. The van der Waals surface area contributed by atoms with E-state index in [0.717, 1.165) is 30.5 Å². The Bertz CT molecular complexity index is 1080. The summed E-state index contributed by atoms with van der Waals surface area (Å²) in [6.07, 6.45) is 1.52. The highest BCUT2D eigenvalue weighted by Crippen LogP contribution is 2.38. The van der Waals surface area contributed by atoms with Gasteiger partial charge in [-0.15, -0.1) is 10.2 Å². The lowest BCUT2D eigenvalue weighted by Gasteiger charge is -2.16. The van der Waals surface area contributed by atoms with Crippen LogP contribution in [0.5, 0.6) is 5.88 Å². The van der Waals surface area contributed by atoms with Crippen molar-refractivity contribution in [3.05, 3.63) is 59.0 Å². The number of hydrogen-bond donors (Lipinski definition) is 2. The number of nitrogens with one attached hydrogen (secondary N) is 1. The molecule has 0 aliphatic heterocycles. The Labute approximate surface area is 168 Å². The second-order valence-corrected chi connectivity index (χ2v) is 6.81. The van der Waals surface area contributed by atoms with E-state index in [2.05, 4.69) is 24.1 Å². The zero-order chi connectivity index (χ0) is 20.8. The van der Waals surface area contributed by atoms with Crippen LogP contribution in [-0.4, -0.2) is 39.8 Å². The van der Waals surface area contributed by atoms with Crippen molar-refractivity contribution in [2.24, 2.45) is 10.2 Å². The number of benzene rings is 1. The molecule has 8 nitrogen and oxygen atoms in total. The fourth-order valence-electron chi connectivity index (χ4n) is 3.34. The van der Waals surface area contributed by atoms with Crippen LogP contribution in [0, 0.1) is 0 Å². The molecule has 3 aromatic rings. The molecule has 29 heavy (non-hydrogen) atoms. The number of hydrogen-bond acceptors (Lipinski definition) is 4. The third-order valence-corrected chi connectivity index (χ3v) is 5.07. The second kappa shape index (κ2) is 9.29. The number of likely N-dealkylation sites (N-methyl/N-ethyl adjacent to an activating group) is 1. The molecule has 0 atom stereocenters. The van der Waals surface area contributed by atoms with Gasteiger partial charge in [0.2, 0.25) is 5.88 Å². The summed E-state index contributed by atoms with van der Waals surface area (Å²) in [7, 11) is 0. The first kappa shape index (κ1) is 20.5. The molecular formula is C21H26N5O3+. The fourth-order valence-corrected chi connectivity index (χ4v) is 3.34. The van der Waals surface area contributed by atoms with E-state index in [-0.39, 0.29) is 23.7 Å². The van der Waals surface area contributed by atoms with Crippen LogP contribution in [-0.2, 0) is 17.9 Å². The van der Waals surface area contributed by atoms with Crippen LogP contribution in [0.1, 0.15) is 13.8 Å². The van der Waals surface area contributed by atoms with Crippen LogP contribution in [0.15, 0.2) is 63.7 Å². The predicted molar refractivity (Wildman–Crippen MR) is 111 cm³/mol. The molecular weight excluding hydrogens is 370 g/mol. The first-order valence-electron chi connectivity index (χ1n) is 9.78. The molecule has 0 spiro atoms. The van der Waals surface area contributed by atoms with Crippen molar-refractivity contribution in [1.29, 1.82) is 0 Å². The number of amides is 1. The normalized spacial score (nSPS) is 11.7. The van der Waals surface area contributed by atoms with Gasteiger partial charge in [0.25, 0.3) is 11.5 Å². The predicted octanol–water partition coefficient (Wildman–Crippen LogP) is 1.74. The Morgan fingerprint density at radius 3 is 2.55 bits per heavy atom. The van der Waals surface area contributed by atoms with Gasteiger partial charge in [0.05, 0.1) is 31.7 Å². The van der Waals surface area contributed by atoms with Crippen LogP contribution < -0.4 is 10.5 Å². The first-order chi connectivity index (χ1) is 14.0. The molecule has 8 heteroatoms. The van der Waals surface area contributed by atoms with E-state index >= 15 is 0 Å². The molecule has 1 aromatic carbocycles. The van der Waals surface area contributed by atoms with Gasteiger partial charge < -0.3 is 19.1 Å². The average molecular weight is 396 g/mol. The minimum absolute atomic E-state index is 0.00816. The summed E-state index contributed by atoms with van der Waals surface area (Å²) >= 11 is 0. The second-order valence-electron chi connectivity index (χ2n) is 6.81. The molecule has 3 rings (SSSR count). The standard InChI is InChI=1S/C21H25N5O3/c1-3-24(4-2)13-14-26-17-10-6-5-9-16(17)20(21(26)29)23-22-18(27)15-25-12-8-7-11-19(25)28/h5-12,29H,3-4,13-15H2,1-2H3/p+1. The number of nitrogens with zero attached hydrogens (tertiary/aromatic N) is 4. The molecule has 2 N–H and O–H groups in total. The maximum Gasteiger partial charge on any atom is 0.284 e. The lowest BCUT2D eigenvalue weighted by atomic mass is 10.2. The van der Waals surface area contributed by atoms with E-state index in [9.17, 15) is 14.7 Å². The zero-order valence-corrected chi connectivity index (χ0v) is 16.7. The monoisotopic (exact) mass is 396 g/mol. The highest BCUT2D eigenvalue weighted by atomic mass is 16.3. The Kier molecular flexibility index (Phi) is 6.56. The van der Waals surface area contributed by atoms with Gasteiger partial charge in [0, 0.05) is 17.6 Å². The molecule has 0 saturated heterocycles. The lowest BCUT2D eigenvalue weighted by Crippen LogP contribution is -3.11. The molecule has 152 valence electrons. The van der Waals surface area contributed by atoms with Crippen molar-refractivity contribution in [3.63, 3.8) is 0 Å². The molecule has 1 amide bonds. The van der Waals surface area contributed by atoms with Gasteiger partial charge in [-0.25, -0.2) is 0 Å². The number of fused-ring (bicyclic) bond motifs is 1. The van der Waals surface area contributed by atoms with Gasteiger partial charge in [0.15, 0.2) is 5.69 Å². The number of carbonyl (C=O) groups is 1. The van der Waals surface area contributed by atoms with Gasteiger partial charge in [-0.1, -0.05) is 24.3 Å². The fraction of sp³-hybridized carbons (Fsp3) is 0.333. The Balaban J connectivity index is 1.86. The summed E-state index contributed by atoms with van der Waals surface area (Å²) in [5.74, 6) is -0.576. The average Bonchev–Trinajstić information content (AvgIpc) is 3.00. The highest BCUT2D eigenvalue weighted by molar-refractivity contribution is 5.95. The van der Waals surface area contributed by atoms with E-state index in [1.807, 2.05) is 24.3 Å².